The van der Waals surface area contributed by atoms with Crippen LogP contribution in [0.4, 0.5) is 5.82 Å². The molecule has 0 fully saturated rings. The van der Waals surface area contributed by atoms with Gasteiger partial charge in [0.05, 0.1) is 34.1 Å². The molecule has 2 rings (SSSR count). The Labute approximate surface area is 147 Å². The van der Waals surface area contributed by atoms with Crippen LogP contribution in [0.25, 0.3) is 0 Å². The molecular weight excluding hydrogens is 324 g/mol. The molecule has 0 bridgehead atoms. The van der Waals surface area contributed by atoms with Gasteiger partial charge in [0.15, 0.2) is 11.5 Å². The lowest BCUT2D eigenvalue weighted by Gasteiger charge is -2.16. The average molecular weight is 348 g/mol. The van der Waals surface area contributed by atoms with E-state index in [1.165, 1.54) is 0 Å². The van der Waals surface area contributed by atoms with Crippen molar-refractivity contribution in [3.63, 3.8) is 0 Å². The van der Waals surface area contributed by atoms with E-state index in [2.05, 4.69) is 15.7 Å². The monoisotopic (exact) mass is 348 g/mol. The molecule has 0 unspecified atom stereocenters. The van der Waals surface area contributed by atoms with Gasteiger partial charge in [0, 0.05) is 24.6 Å². The van der Waals surface area contributed by atoms with E-state index >= 15 is 0 Å². The lowest BCUT2D eigenvalue weighted by atomic mass is 10.1. The Bertz CT molecular complexity index is 715. The molecule has 25 heavy (non-hydrogen) atoms. The predicted molar refractivity (Wildman–Crippen MR) is 94.6 cm³/mol. The number of nitrogens with one attached hydrogen (secondary N) is 2. The number of benzene rings is 1. The summed E-state index contributed by atoms with van der Waals surface area (Å²) in [6.45, 7) is 1.03. The molecule has 1 aromatic heterocycles. The third-order valence-electron chi connectivity index (χ3n) is 3.69. The second kappa shape index (κ2) is 8.93. The summed E-state index contributed by atoms with van der Waals surface area (Å²) in [4.78, 5) is 11.9. The van der Waals surface area contributed by atoms with E-state index in [1.807, 2.05) is 12.1 Å². The van der Waals surface area contributed by atoms with E-state index in [0.717, 1.165) is 5.56 Å². The van der Waals surface area contributed by atoms with E-state index in [9.17, 15) is 4.79 Å². The minimum Gasteiger partial charge on any atom is -0.493 e. The molecule has 0 spiro atoms. The van der Waals surface area contributed by atoms with Gasteiger partial charge in [-0.1, -0.05) is 0 Å². The highest BCUT2D eigenvalue weighted by molar-refractivity contribution is 5.89. The van der Waals surface area contributed by atoms with E-state index in [0.29, 0.717) is 42.6 Å². The largest absolute Gasteiger partial charge is 0.493 e. The number of nitrogens with zero attached hydrogens (tertiary/aromatic N) is 2. The zero-order chi connectivity index (χ0) is 18.2. The average Bonchev–Trinajstić information content (AvgIpc) is 3.05. The Hall–Kier alpha value is -2.74. The number of aromatic nitrogens is 2. The number of hydrogen-bond donors (Lipinski definition) is 2. The standard InChI is InChI=1S/C17H24N4O4/c1-18-9-8-15(22)20-14-7-10-19-21(14)11-12-5-6-13(23-2)17(25-4)16(12)24-3/h5-7,10,18H,8-9,11H2,1-4H3,(H,20,22). The van der Waals surface area contributed by atoms with Crippen LogP contribution in [0.2, 0.25) is 0 Å². The van der Waals surface area contributed by atoms with Crippen molar-refractivity contribution in [2.24, 2.45) is 0 Å². The van der Waals surface area contributed by atoms with E-state index in [-0.39, 0.29) is 5.91 Å². The number of hydrogen-bond acceptors (Lipinski definition) is 6. The molecule has 1 amide bonds. The maximum Gasteiger partial charge on any atom is 0.226 e. The maximum atomic E-state index is 11.9. The van der Waals surface area contributed by atoms with Gasteiger partial charge in [0.25, 0.3) is 0 Å². The number of amides is 1. The van der Waals surface area contributed by atoms with Crippen LogP contribution in [0.1, 0.15) is 12.0 Å². The van der Waals surface area contributed by atoms with Crippen molar-refractivity contribution in [1.29, 1.82) is 0 Å². The Kier molecular flexibility index (Phi) is 6.64. The highest BCUT2D eigenvalue weighted by Crippen LogP contribution is 2.40. The van der Waals surface area contributed by atoms with E-state index in [4.69, 9.17) is 14.2 Å². The summed E-state index contributed by atoms with van der Waals surface area (Å²) in [5, 5.41) is 10.1. The van der Waals surface area contributed by atoms with Crippen LogP contribution < -0.4 is 24.8 Å². The van der Waals surface area contributed by atoms with Crippen LogP contribution in [-0.4, -0.2) is 50.6 Å². The zero-order valence-corrected chi connectivity index (χ0v) is 15.0. The fraction of sp³-hybridized carbons (Fsp3) is 0.412. The van der Waals surface area contributed by atoms with Crippen molar-refractivity contribution in [2.75, 3.05) is 40.2 Å². The Morgan fingerprint density at radius 1 is 1.12 bits per heavy atom. The lowest BCUT2D eigenvalue weighted by molar-refractivity contribution is -0.116. The summed E-state index contributed by atoms with van der Waals surface area (Å²) in [6, 6.07) is 5.45. The van der Waals surface area contributed by atoms with Crippen LogP contribution in [0.15, 0.2) is 24.4 Å². The molecule has 8 heteroatoms. The Balaban J connectivity index is 2.23. The van der Waals surface area contributed by atoms with Gasteiger partial charge < -0.3 is 24.8 Å². The zero-order valence-electron chi connectivity index (χ0n) is 15.0. The van der Waals surface area contributed by atoms with Crippen molar-refractivity contribution >= 4 is 11.7 Å². The highest BCUT2D eigenvalue weighted by Gasteiger charge is 2.17. The second-order valence-electron chi connectivity index (χ2n) is 5.27. The summed E-state index contributed by atoms with van der Waals surface area (Å²) >= 11 is 0. The molecule has 8 nitrogen and oxygen atoms in total. The van der Waals surface area contributed by atoms with Crippen molar-refractivity contribution in [3.05, 3.63) is 30.0 Å². The number of ether oxygens (including phenoxy) is 3. The molecule has 0 aliphatic rings. The van der Waals surface area contributed by atoms with Gasteiger partial charge in [-0.15, -0.1) is 0 Å². The fourth-order valence-electron chi connectivity index (χ4n) is 2.46. The number of methoxy groups -OCH3 is 3. The van der Waals surface area contributed by atoms with Gasteiger partial charge in [-0.3, -0.25) is 4.79 Å². The van der Waals surface area contributed by atoms with E-state index < -0.39 is 0 Å². The molecule has 1 aromatic carbocycles. The van der Waals surface area contributed by atoms with E-state index in [1.54, 1.807) is 45.3 Å². The summed E-state index contributed by atoms with van der Waals surface area (Å²) < 4.78 is 17.9. The van der Waals surface area contributed by atoms with Gasteiger partial charge in [-0.05, 0) is 19.2 Å². The first-order chi connectivity index (χ1) is 12.1. The molecular formula is C17H24N4O4. The maximum absolute atomic E-state index is 11.9. The van der Waals surface area contributed by atoms with Gasteiger partial charge >= 0.3 is 0 Å². The quantitative estimate of drug-likeness (QED) is 0.714. The van der Waals surface area contributed by atoms with Crippen molar-refractivity contribution < 1.29 is 19.0 Å². The molecule has 0 aliphatic heterocycles. The van der Waals surface area contributed by atoms with Crippen LogP contribution in [0.3, 0.4) is 0 Å². The van der Waals surface area contributed by atoms with Crippen LogP contribution in [0.5, 0.6) is 17.2 Å². The second-order valence-corrected chi connectivity index (χ2v) is 5.27. The molecule has 0 saturated heterocycles. The lowest BCUT2D eigenvalue weighted by Crippen LogP contribution is -2.20. The van der Waals surface area contributed by atoms with Crippen molar-refractivity contribution in [3.8, 4) is 17.2 Å². The van der Waals surface area contributed by atoms with Crippen LogP contribution in [0, 0.1) is 0 Å². The fourth-order valence-corrected chi connectivity index (χ4v) is 2.46. The molecule has 0 aliphatic carbocycles. The highest BCUT2D eigenvalue weighted by atomic mass is 16.5. The summed E-state index contributed by atoms with van der Waals surface area (Å²) in [5.41, 5.74) is 0.856. The molecule has 0 radical (unpaired) electrons. The third-order valence-corrected chi connectivity index (χ3v) is 3.69. The normalized spacial score (nSPS) is 10.4. The first-order valence-electron chi connectivity index (χ1n) is 7.88. The Morgan fingerprint density at radius 2 is 1.88 bits per heavy atom. The van der Waals surface area contributed by atoms with Crippen LogP contribution >= 0.6 is 0 Å². The summed E-state index contributed by atoms with van der Waals surface area (Å²) in [7, 11) is 6.51. The summed E-state index contributed by atoms with van der Waals surface area (Å²) in [5.74, 6) is 2.23. The first-order valence-corrected chi connectivity index (χ1v) is 7.88. The summed E-state index contributed by atoms with van der Waals surface area (Å²) in [6.07, 6.45) is 2.03. The van der Waals surface area contributed by atoms with Crippen molar-refractivity contribution in [1.82, 2.24) is 15.1 Å². The number of carbonyl (C=O) groups excluding carboxylic acids is 1. The topological polar surface area (TPSA) is 86.6 Å². The van der Waals surface area contributed by atoms with Gasteiger partial charge in [0.2, 0.25) is 11.7 Å². The first kappa shape index (κ1) is 18.6. The molecule has 1 heterocycles. The predicted octanol–water partition coefficient (Wildman–Crippen LogP) is 1.51. The third kappa shape index (κ3) is 4.42. The molecule has 2 N–H and O–H groups in total. The van der Waals surface area contributed by atoms with Crippen molar-refractivity contribution in [2.45, 2.75) is 13.0 Å². The molecule has 0 atom stereocenters. The molecule has 136 valence electrons. The van der Waals surface area contributed by atoms with Gasteiger partial charge in [0.1, 0.15) is 5.82 Å². The SMILES string of the molecule is CNCCC(=O)Nc1ccnn1Cc1ccc(OC)c(OC)c1OC. The minimum absolute atomic E-state index is 0.0737. The van der Waals surface area contributed by atoms with Gasteiger partial charge in [-0.2, -0.15) is 5.10 Å². The van der Waals surface area contributed by atoms with Crippen LogP contribution in [-0.2, 0) is 11.3 Å². The minimum atomic E-state index is -0.0737. The molecule has 0 saturated carbocycles. The van der Waals surface area contributed by atoms with Gasteiger partial charge in [-0.25, -0.2) is 4.68 Å². The number of anilines is 1. The number of rotatable bonds is 9. The number of carbonyl (C=O) groups is 1. The Morgan fingerprint density at radius 3 is 2.52 bits per heavy atom. The smallest absolute Gasteiger partial charge is 0.226 e. The molecule has 2 aromatic rings.